The van der Waals surface area contributed by atoms with Crippen molar-refractivity contribution in [2.45, 2.75) is 6.92 Å². The van der Waals surface area contributed by atoms with Gasteiger partial charge in [-0.25, -0.2) is 0 Å². The maximum Gasteiger partial charge on any atom is 0.263 e. The highest BCUT2D eigenvalue weighted by atomic mass is 16.4. The van der Waals surface area contributed by atoms with Gasteiger partial charge in [0.1, 0.15) is 17.1 Å². The van der Waals surface area contributed by atoms with Crippen LogP contribution in [0.3, 0.4) is 0 Å². The third-order valence-electron chi connectivity index (χ3n) is 2.94. The van der Waals surface area contributed by atoms with Crippen LogP contribution in [-0.2, 0) is 0 Å². The van der Waals surface area contributed by atoms with E-state index in [0.29, 0.717) is 17.0 Å². The molecule has 0 aliphatic rings. The van der Waals surface area contributed by atoms with Gasteiger partial charge in [0.15, 0.2) is 0 Å². The summed E-state index contributed by atoms with van der Waals surface area (Å²) < 4.78 is 0. The molecule has 2 aromatic rings. The van der Waals surface area contributed by atoms with Crippen LogP contribution in [0.15, 0.2) is 47.6 Å². The largest absolute Gasteiger partial charge is 0.507 e. The third-order valence-corrected chi connectivity index (χ3v) is 2.94. The number of benzene rings is 2. The summed E-state index contributed by atoms with van der Waals surface area (Å²) in [5.41, 5.74) is 1.28. The fraction of sp³-hybridized carbons (Fsp3) is 0.0667. The Hall–Kier alpha value is -3.02. The van der Waals surface area contributed by atoms with Crippen molar-refractivity contribution in [2.75, 3.05) is 5.32 Å². The molecule has 0 fully saturated rings. The first-order valence-electron chi connectivity index (χ1n) is 6.14. The lowest BCUT2D eigenvalue weighted by molar-refractivity contribution is 0.102. The van der Waals surface area contributed by atoms with Gasteiger partial charge in [0, 0.05) is 11.3 Å². The Kier molecular flexibility index (Phi) is 4.08. The van der Waals surface area contributed by atoms with Gasteiger partial charge in [-0.2, -0.15) is 0 Å². The van der Waals surface area contributed by atoms with Crippen molar-refractivity contribution < 1.29 is 20.2 Å². The van der Waals surface area contributed by atoms with Crippen molar-refractivity contribution in [3.05, 3.63) is 53.6 Å². The number of aromatic hydroxyl groups is 2. The van der Waals surface area contributed by atoms with Gasteiger partial charge in [-0.1, -0.05) is 23.4 Å². The van der Waals surface area contributed by atoms with Crippen molar-refractivity contribution in [2.24, 2.45) is 5.16 Å². The molecule has 0 bridgehead atoms. The van der Waals surface area contributed by atoms with Gasteiger partial charge in [-0.3, -0.25) is 4.79 Å². The van der Waals surface area contributed by atoms with E-state index < -0.39 is 5.91 Å². The van der Waals surface area contributed by atoms with E-state index in [4.69, 9.17) is 5.21 Å². The molecular weight excluding hydrogens is 272 g/mol. The lowest BCUT2D eigenvalue weighted by Crippen LogP contribution is -2.12. The van der Waals surface area contributed by atoms with E-state index in [1.54, 1.807) is 31.2 Å². The molecule has 0 aromatic heterocycles. The number of amides is 1. The molecule has 108 valence electrons. The summed E-state index contributed by atoms with van der Waals surface area (Å²) in [6.45, 7) is 1.62. The number of nitrogens with zero attached hydrogens (tertiary/aromatic N) is 1. The monoisotopic (exact) mass is 286 g/mol. The Labute approximate surface area is 121 Å². The molecule has 2 aromatic carbocycles. The first-order valence-corrected chi connectivity index (χ1v) is 6.14. The molecular formula is C15H14N2O4. The fourth-order valence-electron chi connectivity index (χ4n) is 1.83. The molecule has 0 atom stereocenters. The Morgan fingerprint density at radius 3 is 2.33 bits per heavy atom. The Balaban J connectivity index is 2.28. The van der Waals surface area contributed by atoms with E-state index in [-0.39, 0.29) is 17.1 Å². The Bertz CT molecular complexity index is 690. The first-order chi connectivity index (χ1) is 10.0. The summed E-state index contributed by atoms with van der Waals surface area (Å²) in [5.74, 6) is -1.25. The van der Waals surface area contributed by atoms with Gasteiger partial charge < -0.3 is 20.7 Å². The highest BCUT2D eigenvalue weighted by molar-refractivity contribution is 6.08. The summed E-state index contributed by atoms with van der Waals surface area (Å²) in [5, 5.41) is 33.7. The second-order valence-electron chi connectivity index (χ2n) is 4.39. The molecule has 0 spiro atoms. The maximum absolute atomic E-state index is 12.1. The molecule has 0 unspecified atom stereocenters. The fourth-order valence-corrected chi connectivity index (χ4v) is 1.83. The van der Waals surface area contributed by atoms with Crippen molar-refractivity contribution in [1.82, 2.24) is 0 Å². The minimum Gasteiger partial charge on any atom is -0.507 e. The number of rotatable bonds is 3. The van der Waals surface area contributed by atoms with Crippen LogP contribution in [0, 0.1) is 0 Å². The van der Waals surface area contributed by atoms with Crippen molar-refractivity contribution in [3.8, 4) is 11.5 Å². The van der Waals surface area contributed by atoms with Gasteiger partial charge in [0.25, 0.3) is 5.91 Å². The van der Waals surface area contributed by atoms with Crippen LogP contribution in [0.1, 0.15) is 22.8 Å². The van der Waals surface area contributed by atoms with Gasteiger partial charge in [0.05, 0.1) is 5.71 Å². The molecule has 6 heteroatoms. The molecule has 0 saturated heterocycles. The summed E-state index contributed by atoms with van der Waals surface area (Å²) >= 11 is 0. The van der Waals surface area contributed by atoms with Gasteiger partial charge in [-0.15, -0.1) is 0 Å². The quantitative estimate of drug-likeness (QED) is 0.395. The number of anilines is 1. The lowest BCUT2D eigenvalue weighted by atomic mass is 10.1. The SMILES string of the molecule is C/C(=N/O)c1cccc(NC(=O)c2c(O)cccc2O)c1. The highest BCUT2D eigenvalue weighted by Crippen LogP contribution is 2.27. The number of nitrogens with one attached hydrogen (secondary N) is 1. The molecule has 0 aliphatic carbocycles. The molecule has 21 heavy (non-hydrogen) atoms. The van der Waals surface area contributed by atoms with Crippen LogP contribution >= 0.6 is 0 Å². The minimum atomic E-state index is -0.638. The zero-order chi connectivity index (χ0) is 15.4. The van der Waals surface area contributed by atoms with Crippen molar-refractivity contribution in [3.63, 3.8) is 0 Å². The predicted molar refractivity (Wildman–Crippen MR) is 78.2 cm³/mol. The van der Waals surface area contributed by atoms with E-state index in [1.807, 2.05) is 0 Å². The summed E-state index contributed by atoms with van der Waals surface area (Å²) in [6.07, 6.45) is 0. The van der Waals surface area contributed by atoms with Crippen LogP contribution < -0.4 is 5.32 Å². The molecule has 6 nitrogen and oxygen atoms in total. The molecule has 2 rings (SSSR count). The maximum atomic E-state index is 12.1. The Morgan fingerprint density at radius 1 is 1.10 bits per heavy atom. The summed E-state index contributed by atoms with van der Waals surface area (Å²) in [7, 11) is 0. The van der Waals surface area contributed by atoms with Crippen LogP contribution in [0.25, 0.3) is 0 Å². The second-order valence-corrected chi connectivity index (χ2v) is 4.39. The normalized spacial score (nSPS) is 11.2. The average molecular weight is 286 g/mol. The lowest BCUT2D eigenvalue weighted by Gasteiger charge is -2.09. The van der Waals surface area contributed by atoms with Gasteiger partial charge in [-0.05, 0) is 31.2 Å². The van der Waals surface area contributed by atoms with E-state index in [2.05, 4.69) is 10.5 Å². The minimum absolute atomic E-state index is 0.199. The molecule has 1 amide bonds. The first kappa shape index (κ1) is 14.4. The zero-order valence-electron chi connectivity index (χ0n) is 11.2. The standard InChI is InChI=1S/C15H14N2O4/c1-9(17-21)10-4-2-5-11(8-10)16-15(20)14-12(18)6-3-7-13(14)19/h2-8,18-19,21H,1H3,(H,16,20)/b17-9-. The van der Waals surface area contributed by atoms with Gasteiger partial charge in [0.2, 0.25) is 0 Å². The molecule has 0 saturated carbocycles. The van der Waals surface area contributed by atoms with Crippen LogP contribution in [0.5, 0.6) is 11.5 Å². The third kappa shape index (κ3) is 3.11. The molecule has 0 radical (unpaired) electrons. The highest BCUT2D eigenvalue weighted by Gasteiger charge is 2.16. The molecule has 4 N–H and O–H groups in total. The number of carbonyl (C=O) groups is 1. The number of hydrogen-bond acceptors (Lipinski definition) is 5. The topological polar surface area (TPSA) is 102 Å². The number of phenols is 2. The van der Waals surface area contributed by atoms with E-state index >= 15 is 0 Å². The van der Waals surface area contributed by atoms with E-state index in [0.717, 1.165) is 0 Å². The number of hydrogen-bond donors (Lipinski definition) is 4. The van der Waals surface area contributed by atoms with E-state index in [1.165, 1.54) is 18.2 Å². The predicted octanol–water partition coefficient (Wildman–Crippen LogP) is 2.55. The van der Waals surface area contributed by atoms with Crippen LogP contribution in [0.4, 0.5) is 5.69 Å². The second kappa shape index (κ2) is 5.96. The smallest absolute Gasteiger partial charge is 0.263 e. The average Bonchev–Trinajstić information content (AvgIpc) is 2.46. The number of carbonyl (C=O) groups excluding carboxylic acids is 1. The summed E-state index contributed by atoms with van der Waals surface area (Å²) in [6, 6.07) is 10.7. The number of oxime groups is 1. The Morgan fingerprint density at radius 2 is 1.71 bits per heavy atom. The molecule has 0 aliphatic heterocycles. The van der Waals surface area contributed by atoms with Gasteiger partial charge >= 0.3 is 0 Å². The summed E-state index contributed by atoms with van der Waals surface area (Å²) in [4.78, 5) is 12.1. The molecule has 0 heterocycles. The van der Waals surface area contributed by atoms with Crippen molar-refractivity contribution in [1.29, 1.82) is 0 Å². The van der Waals surface area contributed by atoms with Crippen LogP contribution in [0.2, 0.25) is 0 Å². The zero-order valence-corrected chi connectivity index (χ0v) is 11.2. The van der Waals surface area contributed by atoms with Crippen LogP contribution in [-0.4, -0.2) is 27.0 Å². The van der Waals surface area contributed by atoms with Crippen molar-refractivity contribution >= 4 is 17.3 Å². The number of phenolic OH excluding ortho intramolecular Hbond substituents is 2. The van der Waals surface area contributed by atoms with E-state index in [9.17, 15) is 15.0 Å².